The molecule has 0 aliphatic heterocycles. The predicted molar refractivity (Wildman–Crippen MR) is 57.8 cm³/mol. The van der Waals surface area contributed by atoms with E-state index in [-0.39, 0.29) is 26.2 Å². The van der Waals surface area contributed by atoms with E-state index >= 15 is 0 Å². The Morgan fingerprint density at radius 3 is 2.57 bits per heavy atom. The van der Waals surface area contributed by atoms with Crippen LogP contribution in [0, 0.1) is 0 Å². The van der Waals surface area contributed by atoms with Crippen LogP contribution >= 0.6 is 0 Å². The van der Waals surface area contributed by atoms with Gasteiger partial charge in [0.05, 0.1) is 0 Å². The number of benzene rings is 1. The van der Waals surface area contributed by atoms with Crippen molar-refractivity contribution >= 4 is 6.08 Å². The van der Waals surface area contributed by atoms with Crippen LogP contribution in [0.5, 0.6) is 0 Å². The van der Waals surface area contributed by atoms with Crippen molar-refractivity contribution in [3.8, 4) is 0 Å². The molecule has 0 unspecified atom stereocenters. The Morgan fingerprint density at radius 1 is 1.14 bits per heavy atom. The molecule has 0 aromatic heterocycles. The smallest absolute Gasteiger partial charge is 0 e. The van der Waals surface area contributed by atoms with Gasteiger partial charge in [-0.1, -0.05) is 43.7 Å². The third-order valence-corrected chi connectivity index (χ3v) is 2.89. The van der Waals surface area contributed by atoms with Gasteiger partial charge >= 0.3 is 0 Å². The molecule has 0 atom stereocenters. The summed E-state index contributed by atoms with van der Waals surface area (Å²) in [6.45, 7) is 4.47. The number of aryl methyl sites for hydroxylation is 1. The summed E-state index contributed by atoms with van der Waals surface area (Å²) >= 11 is 0. The number of rotatable bonds is 2. The summed E-state index contributed by atoms with van der Waals surface area (Å²) in [5.41, 5.74) is 6.11. The molecule has 1 aromatic rings. The maximum Gasteiger partial charge on any atom is 0 e. The number of fused-ring (bicyclic) bond motifs is 1. The fourth-order valence-corrected chi connectivity index (χ4v) is 2.04. The third-order valence-electron chi connectivity index (χ3n) is 2.89. The minimum absolute atomic E-state index is 0. The van der Waals surface area contributed by atoms with Crippen molar-refractivity contribution in [1.82, 2.24) is 0 Å². The molecular formula is C13H16Zr. The molecule has 14 heavy (non-hydrogen) atoms. The van der Waals surface area contributed by atoms with Crippen molar-refractivity contribution in [1.29, 1.82) is 0 Å². The van der Waals surface area contributed by atoms with Crippen LogP contribution in [-0.4, -0.2) is 0 Å². The molecule has 72 valence electrons. The molecule has 0 nitrogen and oxygen atoms in total. The minimum Gasteiger partial charge on any atom is -0.0655 e. The maximum atomic E-state index is 2.38. The Hall–Kier alpha value is -0.157. The van der Waals surface area contributed by atoms with Crippen LogP contribution in [0.4, 0.5) is 0 Å². The maximum absolute atomic E-state index is 2.38. The Balaban J connectivity index is 0.000000980. The van der Waals surface area contributed by atoms with Gasteiger partial charge in [-0.05, 0) is 36.0 Å². The van der Waals surface area contributed by atoms with E-state index in [1.165, 1.54) is 29.5 Å². The van der Waals surface area contributed by atoms with E-state index in [1.54, 1.807) is 5.57 Å². The van der Waals surface area contributed by atoms with E-state index in [4.69, 9.17) is 0 Å². The predicted octanol–water partition coefficient (Wildman–Crippen LogP) is 3.60. The summed E-state index contributed by atoms with van der Waals surface area (Å²) in [6, 6.07) is 6.69. The van der Waals surface area contributed by atoms with Crippen LogP contribution < -0.4 is 0 Å². The van der Waals surface area contributed by atoms with Gasteiger partial charge in [0.25, 0.3) is 0 Å². The van der Waals surface area contributed by atoms with Gasteiger partial charge in [-0.2, -0.15) is 0 Å². The van der Waals surface area contributed by atoms with Crippen molar-refractivity contribution in [3.63, 3.8) is 0 Å². The van der Waals surface area contributed by atoms with E-state index < -0.39 is 0 Å². The Labute approximate surface area is 106 Å². The minimum atomic E-state index is 0. The number of hydrogen-bond donors (Lipinski definition) is 0. The molecule has 0 saturated carbocycles. The van der Waals surface area contributed by atoms with Gasteiger partial charge in [0, 0.05) is 26.2 Å². The van der Waals surface area contributed by atoms with Crippen molar-refractivity contribution in [2.45, 2.75) is 33.1 Å². The second kappa shape index (κ2) is 5.07. The number of hydrogen-bond acceptors (Lipinski definition) is 0. The van der Waals surface area contributed by atoms with Crippen molar-refractivity contribution in [2.75, 3.05) is 0 Å². The molecule has 0 spiro atoms. The van der Waals surface area contributed by atoms with Crippen molar-refractivity contribution in [3.05, 3.63) is 40.5 Å². The van der Waals surface area contributed by atoms with Crippen LogP contribution in [0.25, 0.3) is 6.08 Å². The van der Waals surface area contributed by atoms with Crippen LogP contribution in [-0.2, 0) is 39.0 Å². The molecule has 0 saturated heterocycles. The van der Waals surface area contributed by atoms with Gasteiger partial charge in [-0.25, -0.2) is 0 Å². The zero-order valence-electron chi connectivity index (χ0n) is 8.93. The Bertz CT molecular complexity index is 350. The summed E-state index contributed by atoms with van der Waals surface area (Å²) in [7, 11) is 0. The standard InChI is InChI=1S/C13H16.Zr/c1-3-10-8-12-7-5-6-11(4-2)13(12)9-10;/h5-7,9H,3-4,8H2,1-2H3;. The number of allylic oxidation sites excluding steroid dienone is 1. The zero-order valence-corrected chi connectivity index (χ0v) is 11.4. The topological polar surface area (TPSA) is 0 Å². The van der Waals surface area contributed by atoms with Gasteiger partial charge < -0.3 is 0 Å². The summed E-state index contributed by atoms with van der Waals surface area (Å²) in [5.74, 6) is 0. The average molecular weight is 263 g/mol. The van der Waals surface area contributed by atoms with Crippen molar-refractivity contribution < 1.29 is 26.2 Å². The first-order valence-corrected chi connectivity index (χ1v) is 5.15. The van der Waals surface area contributed by atoms with Crippen LogP contribution in [0.15, 0.2) is 23.8 Å². The van der Waals surface area contributed by atoms with E-state index in [0.717, 1.165) is 6.42 Å². The van der Waals surface area contributed by atoms with Gasteiger partial charge in [0.15, 0.2) is 0 Å². The molecule has 1 aromatic carbocycles. The second-order valence-electron chi connectivity index (χ2n) is 3.68. The van der Waals surface area contributed by atoms with Gasteiger partial charge in [-0.3, -0.25) is 0 Å². The SMILES string of the molecule is CCC1=Cc2c(CC)cccc2C1.[Zr]. The molecule has 0 amide bonds. The van der Waals surface area contributed by atoms with E-state index in [2.05, 4.69) is 38.1 Å². The third kappa shape index (κ3) is 2.08. The molecule has 2 rings (SSSR count). The molecule has 1 aliphatic carbocycles. The molecule has 1 heteroatoms. The molecule has 0 fully saturated rings. The van der Waals surface area contributed by atoms with E-state index in [9.17, 15) is 0 Å². The first-order valence-electron chi connectivity index (χ1n) is 5.15. The first kappa shape index (κ1) is 11.9. The largest absolute Gasteiger partial charge is 0.0655 e. The summed E-state index contributed by atoms with van der Waals surface area (Å²) < 4.78 is 0. The summed E-state index contributed by atoms with van der Waals surface area (Å²) in [5, 5.41) is 0. The van der Waals surface area contributed by atoms with E-state index in [0.29, 0.717) is 0 Å². The molecular weight excluding hydrogens is 247 g/mol. The molecule has 0 radical (unpaired) electrons. The zero-order chi connectivity index (χ0) is 9.26. The Morgan fingerprint density at radius 2 is 1.93 bits per heavy atom. The summed E-state index contributed by atoms with van der Waals surface area (Å²) in [6.07, 6.45) is 5.91. The van der Waals surface area contributed by atoms with E-state index in [1.807, 2.05) is 0 Å². The van der Waals surface area contributed by atoms with Gasteiger partial charge in [0.1, 0.15) is 0 Å². The quantitative estimate of drug-likeness (QED) is 0.765. The fraction of sp³-hybridized carbons (Fsp3) is 0.385. The van der Waals surface area contributed by atoms with Crippen LogP contribution in [0.1, 0.15) is 37.0 Å². The fourth-order valence-electron chi connectivity index (χ4n) is 2.04. The second-order valence-corrected chi connectivity index (χ2v) is 3.68. The molecule has 0 bridgehead atoms. The Kier molecular flexibility index (Phi) is 4.32. The van der Waals surface area contributed by atoms with Gasteiger partial charge in [0.2, 0.25) is 0 Å². The first-order chi connectivity index (χ1) is 6.35. The van der Waals surface area contributed by atoms with Crippen LogP contribution in [0.2, 0.25) is 0 Å². The summed E-state index contributed by atoms with van der Waals surface area (Å²) in [4.78, 5) is 0. The van der Waals surface area contributed by atoms with Gasteiger partial charge in [-0.15, -0.1) is 0 Å². The van der Waals surface area contributed by atoms with Crippen LogP contribution in [0.3, 0.4) is 0 Å². The molecule has 0 N–H and O–H groups in total. The molecule has 0 heterocycles. The average Bonchev–Trinajstić information content (AvgIpc) is 2.59. The monoisotopic (exact) mass is 262 g/mol. The van der Waals surface area contributed by atoms with Crippen molar-refractivity contribution in [2.24, 2.45) is 0 Å². The normalized spacial score (nSPS) is 13.1. The molecule has 1 aliphatic rings.